The van der Waals surface area contributed by atoms with Crippen LogP contribution < -0.4 is 0 Å². The second-order valence-corrected chi connectivity index (χ2v) is 4.25. The zero-order valence-corrected chi connectivity index (χ0v) is 9.39. The van der Waals surface area contributed by atoms with Gasteiger partial charge in [0.2, 0.25) is 5.82 Å². The van der Waals surface area contributed by atoms with Crippen LogP contribution in [-0.2, 0) is 11.3 Å². The Morgan fingerprint density at radius 3 is 2.88 bits per heavy atom. The van der Waals surface area contributed by atoms with Crippen LogP contribution in [0.25, 0.3) is 11.6 Å². The van der Waals surface area contributed by atoms with Gasteiger partial charge in [-0.05, 0) is 20.8 Å². The summed E-state index contributed by atoms with van der Waals surface area (Å²) >= 11 is 0. The van der Waals surface area contributed by atoms with E-state index in [4.69, 9.17) is 9.26 Å². The van der Waals surface area contributed by atoms with Crippen LogP contribution >= 0.6 is 0 Å². The van der Waals surface area contributed by atoms with E-state index in [-0.39, 0.29) is 12.2 Å². The van der Waals surface area contributed by atoms with Crippen LogP contribution in [0.3, 0.4) is 0 Å². The van der Waals surface area contributed by atoms with Crippen molar-refractivity contribution in [3.63, 3.8) is 0 Å². The monoisotopic (exact) mass is 223 g/mol. The van der Waals surface area contributed by atoms with Crippen molar-refractivity contribution in [3.05, 3.63) is 12.2 Å². The van der Waals surface area contributed by atoms with Crippen molar-refractivity contribution in [2.45, 2.75) is 33.0 Å². The van der Waals surface area contributed by atoms with Gasteiger partial charge in [-0.2, -0.15) is 10.1 Å². The Bertz CT molecular complexity index is 443. The number of hydrogen-bond donors (Lipinski definition) is 1. The second-order valence-electron chi connectivity index (χ2n) is 4.25. The van der Waals surface area contributed by atoms with Crippen molar-refractivity contribution in [1.29, 1.82) is 0 Å². The van der Waals surface area contributed by atoms with E-state index in [2.05, 4.69) is 25.3 Å². The highest BCUT2D eigenvalue weighted by Gasteiger charge is 2.15. The highest BCUT2D eigenvalue weighted by Crippen LogP contribution is 2.13. The predicted molar refractivity (Wildman–Crippen MR) is 54.2 cm³/mol. The third-order valence-electron chi connectivity index (χ3n) is 1.72. The zero-order valence-electron chi connectivity index (χ0n) is 9.39. The molecule has 0 bridgehead atoms. The SMILES string of the molecule is CC(C)(C)OCc1nc(-c2ncn[nH]2)no1. The van der Waals surface area contributed by atoms with Crippen molar-refractivity contribution in [2.75, 3.05) is 0 Å². The first-order valence-electron chi connectivity index (χ1n) is 4.87. The Kier molecular flexibility index (Phi) is 2.69. The van der Waals surface area contributed by atoms with Crippen LogP contribution in [0.5, 0.6) is 0 Å². The molecule has 2 heterocycles. The molecule has 0 saturated heterocycles. The van der Waals surface area contributed by atoms with Gasteiger partial charge in [0.05, 0.1) is 5.60 Å². The molecule has 0 aromatic carbocycles. The third kappa shape index (κ3) is 2.63. The minimum Gasteiger partial charge on any atom is -0.366 e. The summed E-state index contributed by atoms with van der Waals surface area (Å²) < 4.78 is 10.5. The van der Waals surface area contributed by atoms with Gasteiger partial charge >= 0.3 is 0 Å². The molecule has 0 atom stereocenters. The lowest BCUT2D eigenvalue weighted by molar-refractivity contribution is -0.0260. The molecule has 0 spiro atoms. The normalized spacial score (nSPS) is 11.9. The van der Waals surface area contributed by atoms with Gasteiger partial charge in [-0.1, -0.05) is 5.16 Å². The number of ether oxygens (including phenoxy) is 1. The number of rotatable bonds is 3. The van der Waals surface area contributed by atoms with Gasteiger partial charge in [0.25, 0.3) is 5.89 Å². The summed E-state index contributed by atoms with van der Waals surface area (Å²) in [6, 6.07) is 0. The maximum atomic E-state index is 5.50. The Morgan fingerprint density at radius 1 is 1.44 bits per heavy atom. The molecule has 0 radical (unpaired) electrons. The first-order chi connectivity index (χ1) is 7.54. The van der Waals surface area contributed by atoms with Gasteiger partial charge in [0.1, 0.15) is 12.9 Å². The van der Waals surface area contributed by atoms with E-state index in [9.17, 15) is 0 Å². The van der Waals surface area contributed by atoms with Gasteiger partial charge in [0, 0.05) is 0 Å². The Balaban J connectivity index is 2.03. The van der Waals surface area contributed by atoms with Gasteiger partial charge in [-0.15, -0.1) is 0 Å². The zero-order chi connectivity index (χ0) is 11.6. The topological polar surface area (TPSA) is 89.7 Å². The quantitative estimate of drug-likeness (QED) is 0.840. The first kappa shape index (κ1) is 10.7. The molecule has 16 heavy (non-hydrogen) atoms. The van der Waals surface area contributed by atoms with Gasteiger partial charge < -0.3 is 9.26 Å². The lowest BCUT2D eigenvalue weighted by atomic mass is 10.2. The van der Waals surface area contributed by atoms with E-state index < -0.39 is 0 Å². The molecule has 0 unspecified atom stereocenters. The molecule has 7 heteroatoms. The molecule has 0 fully saturated rings. The molecule has 0 saturated carbocycles. The summed E-state index contributed by atoms with van der Waals surface area (Å²) in [6.07, 6.45) is 1.39. The van der Waals surface area contributed by atoms with Crippen LogP contribution in [0.15, 0.2) is 10.9 Å². The fraction of sp³-hybridized carbons (Fsp3) is 0.556. The van der Waals surface area contributed by atoms with E-state index in [1.54, 1.807) is 0 Å². The maximum absolute atomic E-state index is 5.50. The summed E-state index contributed by atoms with van der Waals surface area (Å²) in [4.78, 5) is 8.04. The fourth-order valence-electron chi connectivity index (χ4n) is 1.00. The van der Waals surface area contributed by atoms with E-state index in [0.717, 1.165) is 0 Å². The maximum Gasteiger partial charge on any atom is 0.253 e. The predicted octanol–water partition coefficient (Wildman–Crippen LogP) is 1.17. The minimum atomic E-state index is -0.235. The van der Waals surface area contributed by atoms with Crippen molar-refractivity contribution < 1.29 is 9.26 Å². The number of hydrogen-bond acceptors (Lipinski definition) is 6. The van der Waals surface area contributed by atoms with E-state index in [0.29, 0.717) is 17.5 Å². The molecule has 7 nitrogen and oxygen atoms in total. The van der Waals surface area contributed by atoms with Gasteiger partial charge in [0.15, 0.2) is 5.82 Å². The van der Waals surface area contributed by atoms with Crippen molar-refractivity contribution in [1.82, 2.24) is 25.3 Å². The number of H-pyrrole nitrogens is 1. The molecular weight excluding hydrogens is 210 g/mol. The van der Waals surface area contributed by atoms with Crippen LogP contribution in [-0.4, -0.2) is 30.9 Å². The molecule has 2 aromatic rings. The molecule has 1 N–H and O–H groups in total. The molecule has 2 aromatic heterocycles. The number of nitrogens with zero attached hydrogens (tertiary/aromatic N) is 4. The lowest BCUT2D eigenvalue weighted by Crippen LogP contribution is -2.18. The molecule has 0 aliphatic heterocycles. The highest BCUT2D eigenvalue weighted by atomic mass is 16.5. The summed E-state index contributed by atoms with van der Waals surface area (Å²) in [5.74, 6) is 1.28. The van der Waals surface area contributed by atoms with E-state index in [1.165, 1.54) is 6.33 Å². The lowest BCUT2D eigenvalue weighted by Gasteiger charge is -2.17. The first-order valence-corrected chi connectivity index (χ1v) is 4.87. The third-order valence-corrected chi connectivity index (χ3v) is 1.72. The van der Waals surface area contributed by atoms with Crippen LogP contribution in [0.1, 0.15) is 26.7 Å². The van der Waals surface area contributed by atoms with Crippen molar-refractivity contribution in [2.24, 2.45) is 0 Å². The Hall–Kier alpha value is -1.76. The van der Waals surface area contributed by atoms with Gasteiger partial charge in [-0.25, -0.2) is 4.98 Å². The molecule has 86 valence electrons. The van der Waals surface area contributed by atoms with Crippen molar-refractivity contribution in [3.8, 4) is 11.6 Å². The second kappa shape index (κ2) is 4.01. The van der Waals surface area contributed by atoms with E-state index >= 15 is 0 Å². The summed E-state index contributed by atoms with van der Waals surface area (Å²) in [5, 5.41) is 10.1. The largest absolute Gasteiger partial charge is 0.366 e. The summed E-state index contributed by atoms with van der Waals surface area (Å²) in [5.41, 5.74) is -0.235. The fourth-order valence-corrected chi connectivity index (χ4v) is 1.00. The Morgan fingerprint density at radius 2 is 2.25 bits per heavy atom. The van der Waals surface area contributed by atoms with Crippen molar-refractivity contribution >= 4 is 0 Å². The van der Waals surface area contributed by atoms with Crippen LogP contribution in [0, 0.1) is 0 Å². The molecule has 2 rings (SSSR count). The van der Waals surface area contributed by atoms with Gasteiger partial charge in [-0.3, -0.25) is 5.10 Å². The number of aromatic amines is 1. The summed E-state index contributed by atoms with van der Waals surface area (Å²) in [7, 11) is 0. The van der Waals surface area contributed by atoms with Crippen LogP contribution in [0.2, 0.25) is 0 Å². The average Bonchev–Trinajstić information content (AvgIpc) is 2.84. The Labute approximate surface area is 92.2 Å². The highest BCUT2D eigenvalue weighted by molar-refractivity contribution is 5.39. The smallest absolute Gasteiger partial charge is 0.253 e. The minimum absolute atomic E-state index is 0.235. The number of aromatic nitrogens is 5. The number of nitrogens with one attached hydrogen (secondary N) is 1. The summed E-state index contributed by atoms with van der Waals surface area (Å²) in [6.45, 7) is 6.16. The average molecular weight is 223 g/mol. The molecule has 0 aliphatic rings. The molecule has 0 amide bonds. The molecular formula is C9H13N5O2. The van der Waals surface area contributed by atoms with Crippen LogP contribution in [0.4, 0.5) is 0 Å². The standard InChI is InChI=1S/C9H13N5O2/c1-9(2,3)15-4-6-12-8(14-16-6)7-10-5-11-13-7/h5H,4H2,1-3H3,(H,10,11,13). The van der Waals surface area contributed by atoms with E-state index in [1.807, 2.05) is 20.8 Å². The molecule has 0 aliphatic carbocycles.